The van der Waals surface area contributed by atoms with Crippen molar-refractivity contribution in [2.75, 3.05) is 44.3 Å². The molecule has 5 heterocycles. The Balaban J connectivity index is 0.000000223. The fourth-order valence-corrected chi connectivity index (χ4v) is 3.51. The highest BCUT2D eigenvalue weighted by Gasteiger charge is 2.52. The van der Waals surface area contributed by atoms with Gasteiger partial charge in [-0.2, -0.15) is 15.0 Å². The van der Waals surface area contributed by atoms with Gasteiger partial charge in [0.15, 0.2) is 0 Å². The highest BCUT2D eigenvalue weighted by Crippen LogP contribution is 2.37. The molecule has 0 aromatic carbocycles. The largest absolute Gasteiger partial charge is 0.502 e. The quantitative estimate of drug-likeness (QED) is 0.174. The lowest BCUT2D eigenvalue weighted by molar-refractivity contribution is 0.00578. The van der Waals surface area contributed by atoms with E-state index < -0.39 is 18.3 Å². The summed E-state index contributed by atoms with van der Waals surface area (Å²) in [6.07, 6.45) is 6.16. The van der Waals surface area contributed by atoms with E-state index in [-0.39, 0.29) is 23.8 Å². The molecule has 8 N–H and O–H groups in total. The van der Waals surface area contributed by atoms with Gasteiger partial charge in [0.05, 0.1) is 48.7 Å². The van der Waals surface area contributed by atoms with E-state index in [1.165, 1.54) is 27.5 Å². The Bertz CT molecular complexity index is 1510. The molecule has 1 fully saturated rings. The van der Waals surface area contributed by atoms with Crippen LogP contribution in [0.15, 0.2) is 41.4 Å². The van der Waals surface area contributed by atoms with Crippen LogP contribution in [-0.4, -0.2) is 79.5 Å². The van der Waals surface area contributed by atoms with Crippen LogP contribution in [0.3, 0.4) is 0 Å². The molecular weight excluding hydrogens is 675 g/mol. The van der Waals surface area contributed by atoms with Crippen molar-refractivity contribution in [3.63, 3.8) is 0 Å². The van der Waals surface area contributed by atoms with Crippen LogP contribution in [0, 0.1) is 0 Å². The van der Waals surface area contributed by atoms with Crippen LogP contribution in [-0.2, 0) is 9.31 Å². The molecule has 17 nitrogen and oxygen atoms in total. The number of nitrogen functional groups attached to an aromatic ring is 4. The molecule has 0 spiro atoms. The number of rotatable bonds is 4. The van der Waals surface area contributed by atoms with Crippen LogP contribution in [0.5, 0.6) is 17.6 Å². The predicted octanol–water partition coefficient (Wildman–Crippen LogP) is 1.98. The monoisotopic (exact) mass is 708 g/mol. The number of aromatic nitrogens is 8. The van der Waals surface area contributed by atoms with Crippen LogP contribution in [0.1, 0.15) is 27.7 Å². The summed E-state index contributed by atoms with van der Waals surface area (Å²) in [5, 5.41) is 0.373. The summed E-state index contributed by atoms with van der Waals surface area (Å²) in [5.74, 6) is 2.12. The molecule has 45 heavy (non-hydrogen) atoms. The SMILES string of the molecule is COc1ccnc(N)n1.COc1nc(N)ncc1B1OC(C)(C)C(C)(C)O1.COc1nc(N)ncc1Br.Nc1nccc(Cl)n1. The molecule has 0 amide bonds. The van der Waals surface area contributed by atoms with Gasteiger partial charge in [0.1, 0.15) is 5.15 Å². The zero-order valence-corrected chi connectivity index (χ0v) is 28.1. The van der Waals surface area contributed by atoms with Gasteiger partial charge in [-0.15, -0.1) is 0 Å². The van der Waals surface area contributed by atoms with E-state index in [2.05, 4.69) is 55.8 Å². The third-order valence-electron chi connectivity index (χ3n) is 5.92. The van der Waals surface area contributed by atoms with Crippen LogP contribution in [0.4, 0.5) is 23.8 Å². The minimum Gasteiger partial charge on any atom is -0.481 e. The Hall–Kier alpha value is -4.33. The molecule has 1 aliphatic rings. The molecule has 0 saturated carbocycles. The van der Waals surface area contributed by atoms with E-state index >= 15 is 0 Å². The molecular formula is C25H35BBrClN12O5. The van der Waals surface area contributed by atoms with Gasteiger partial charge in [0.25, 0.3) is 0 Å². The normalized spacial score (nSPS) is 13.9. The highest BCUT2D eigenvalue weighted by molar-refractivity contribution is 9.10. The zero-order valence-electron chi connectivity index (χ0n) is 25.7. The molecule has 0 radical (unpaired) electrons. The summed E-state index contributed by atoms with van der Waals surface area (Å²) in [7, 11) is 4.02. The number of hydrogen-bond donors (Lipinski definition) is 4. The van der Waals surface area contributed by atoms with Gasteiger partial charge in [-0.3, -0.25) is 0 Å². The van der Waals surface area contributed by atoms with E-state index in [0.29, 0.717) is 32.7 Å². The third-order valence-corrected chi connectivity index (χ3v) is 6.68. The van der Waals surface area contributed by atoms with Gasteiger partial charge in [0, 0.05) is 24.7 Å². The van der Waals surface area contributed by atoms with E-state index in [4.69, 9.17) is 58.1 Å². The van der Waals surface area contributed by atoms with Crippen molar-refractivity contribution < 1.29 is 23.5 Å². The molecule has 242 valence electrons. The third kappa shape index (κ3) is 11.3. The summed E-state index contributed by atoms with van der Waals surface area (Å²) in [6, 6.07) is 3.20. The van der Waals surface area contributed by atoms with Gasteiger partial charge in [-0.1, -0.05) is 11.6 Å². The molecule has 0 aliphatic carbocycles. The van der Waals surface area contributed by atoms with E-state index in [1.54, 1.807) is 30.7 Å². The first kappa shape index (κ1) is 36.9. The molecule has 4 aromatic heterocycles. The van der Waals surface area contributed by atoms with E-state index in [0.717, 1.165) is 0 Å². The molecule has 1 saturated heterocycles. The molecule has 5 rings (SSSR count). The van der Waals surface area contributed by atoms with Crippen LogP contribution in [0.25, 0.3) is 0 Å². The van der Waals surface area contributed by atoms with E-state index in [9.17, 15) is 0 Å². The summed E-state index contributed by atoms with van der Waals surface area (Å²) in [5.41, 5.74) is 21.0. The lowest BCUT2D eigenvalue weighted by Gasteiger charge is -2.32. The second kappa shape index (κ2) is 16.7. The number of halogens is 2. The minimum atomic E-state index is -0.550. The Morgan fingerprint density at radius 2 is 1.18 bits per heavy atom. The Kier molecular flexibility index (Phi) is 13.7. The smallest absolute Gasteiger partial charge is 0.481 e. The van der Waals surface area contributed by atoms with Crippen molar-refractivity contribution in [3.8, 4) is 17.6 Å². The summed E-state index contributed by atoms with van der Waals surface area (Å²) < 4.78 is 27.3. The number of methoxy groups -OCH3 is 3. The van der Waals surface area contributed by atoms with Gasteiger partial charge >= 0.3 is 7.12 Å². The summed E-state index contributed by atoms with van der Waals surface area (Å²) in [6.45, 7) is 7.94. The first-order valence-electron chi connectivity index (χ1n) is 12.8. The Morgan fingerprint density at radius 1 is 0.689 bits per heavy atom. The van der Waals surface area contributed by atoms with Gasteiger partial charge in [0.2, 0.25) is 41.4 Å². The molecule has 0 atom stereocenters. The maximum absolute atomic E-state index is 5.91. The number of nitrogens with zero attached hydrogens (tertiary/aromatic N) is 8. The predicted molar refractivity (Wildman–Crippen MR) is 174 cm³/mol. The lowest BCUT2D eigenvalue weighted by Crippen LogP contribution is -2.41. The minimum absolute atomic E-state index is 0.159. The Morgan fingerprint density at radius 3 is 1.60 bits per heavy atom. The summed E-state index contributed by atoms with van der Waals surface area (Å²) >= 11 is 8.60. The second-order valence-corrected chi connectivity index (χ2v) is 10.8. The van der Waals surface area contributed by atoms with Crippen LogP contribution >= 0.6 is 27.5 Å². The van der Waals surface area contributed by atoms with Gasteiger partial charge < -0.3 is 46.5 Å². The van der Waals surface area contributed by atoms with Crippen molar-refractivity contribution >= 4 is 63.9 Å². The van der Waals surface area contributed by atoms with Crippen molar-refractivity contribution in [2.45, 2.75) is 38.9 Å². The fraction of sp³-hybridized carbons (Fsp3) is 0.360. The molecule has 0 bridgehead atoms. The fourth-order valence-electron chi connectivity index (χ4n) is 3.01. The molecule has 20 heteroatoms. The zero-order chi connectivity index (χ0) is 33.8. The van der Waals surface area contributed by atoms with Crippen molar-refractivity contribution in [1.82, 2.24) is 39.9 Å². The number of anilines is 4. The first-order chi connectivity index (χ1) is 21.1. The lowest BCUT2D eigenvalue weighted by atomic mass is 9.81. The molecule has 4 aromatic rings. The maximum atomic E-state index is 5.91. The van der Waals surface area contributed by atoms with Crippen molar-refractivity contribution in [3.05, 3.63) is 46.5 Å². The molecule has 0 unspecified atom stereocenters. The van der Waals surface area contributed by atoms with Crippen LogP contribution < -0.4 is 42.6 Å². The average molecular weight is 710 g/mol. The average Bonchev–Trinajstić information content (AvgIpc) is 3.21. The van der Waals surface area contributed by atoms with Crippen LogP contribution in [0.2, 0.25) is 5.15 Å². The number of nitrogens with two attached hydrogens (primary N) is 4. The highest BCUT2D eigenvalue weighted by atomic mass is 79.9. The molecule has 1 aliphatic heterocycles. The Labute approximate surface area is 274 Å². The topological polar surface area (TPSA) is 253 Å². The van der Waals surface area contributed by atoms with Gasteiger partial charge in [-0.05, 0) is 49.7 Å². The summed E-state index contributed by atoms with van der Waals surface area (Å²) in [4.78, 5) is 30.1. The second-order valence-electron chi connectivity index (χ2n) is 9.56. The van der Waals surface area contributed by atoms with Crippen molar-refractivity contribution in [1.29, 1.82) is 0 Å². The standard InChI is InChI=1S/C11H18BN3O3.C5H6BrN3O.C5H7N3O.C4H4ClN3/c1-10(2)11(3,4)18-12(17-10)7-6-14-9(13)15-8(7)16-5;1-10-4-3(6)2-8-5(7)9-4;1-9-4-2-3-7-5(6)8-4;5-3-1-2-7-4(6)8-3/h6H,1-5H3,(H2,13,14,15);2H,1H3,(H2,7,8,9);2-3H,1H3,(H2,6,7,8);1-2H,(H2,6,7,8). The first-order valence-corrected chi connectivity index (χ1v) is 14.0. The van der Waals surface area contributed by atoms with E-state index in [1.807, 2.05) is 27.7 Å². The maximum Gasteiger partial charge on any atom is 0.502 e. The number of hydrogen-bond acceptors (Lipinski definition) is 17. The number of ether oxygens (including phenoxy) is 3. The van der Waals surface area contributed by atoms with Crippen molar-refractivity contribution in [2.24, 2.45) is 0 Å². The van der Waals surface area contributed by atoms with Gasteiger partial charge in [-0.25, -0.2) is 24.9 Å².